The van der Waals surface area contributed by atoms with Crippen LogP contribution in [0.15, 0.2) is 11.4 Å². The predicted molar refractivity (Wildman–Crippen MR) is 63.6 cm³/mol. The molecule has 0 saturated carbocycles. The highest BCUT2D eigenvalue weighted by Crippen LogP contribution is 2.32. The van der Waals surface area contributed by atoms with E-state index >= 15 is 0 Å². The molecule has 0 bridgehead atoms. The van der Waals surface area contributed by atoms with Gasteiger partial charge in [0, 0.05) is 24.0 Å². The number of hydrogen-bond donors (Lipinski definition) is 2. The van der Waals surface area contributed by atoms with Crippen molar-refractivity contribution in [1.29, 1.82) is 0 Å². The van der Waals surface area contributed by atoms with Gasteiger partial charge in [-0.25, -0.2) is 0 Å². The monoisotopic (exact) mass is 240 g/mol. The number of nitrogens with zero attached hydrogens (tertiary/aromatic N) is 1. The second kappa shape index (κ2) is 4.53. The molecule has 0 aromatic carbocycles. The lowest BCUT2D eigenvalue weighted by Gasteiger charge is -2.34. The molecule has 5 heteroatoms. The summed E-state index contributed by atoms with van der Waals surface area (Å²) >= 11 is 1.78. The zero-order valence-electron chi connectivity index (χ0n) is 9.22. The Bertz CT molecular complexity index is 391. The van der Waals surface area contributed by atoms with Crippen LogP contribution >= 0.6 is 11.3 Å². The van der Waals surface area contributed by atoms with Crippen LogP contribution in [0.3, 0.4) is 0 Å². The first-order valence-electron chi connectivity index (χ1n) is 5.38. The number of fused-ring (bicyclic) bond motifs is 1. The highest BCUT2D eigenvalue weighted by atomic mass is 32.1. The molecule has 1 aliphatic heterocycles. The number of rotatable bonds is 3. The number of thiophene rings is 1. The van der Waals surface area contributed by atoms with Crippen molar-refractivity contribution in [3.05, 3.63) is 21.9 Å². The van der Waals surface area contributed by atoms with E-state index < -0.39 is 12.0 Å². The Morgan fingerprint density at radius 1 is 1.81 bits per heavy atom. The number of nitrogens with two attached hydrogens (primary N) is 1. The van der Waals surface area contributed by atoms with Gasteiger partial charge in [-0.1, -0.05) is 0 Å². The molecule has 0 amide bonds. The number of hydrogen-bond acceptors (Lipinski definition) is 4. The van der Waals surface area contributed by atoms with Gasteiger partial charge >= 0.3 is 5.97 Å². The van der Waals surface area contributed by atoms with Gasteiger partial charge in [0.2, 0.25) is 0 Å². The van der Waals surface area contributed by atoms with E-state index in [9.17, 15) is 4.79 Å². The van der Waals surface area contributed by atoms with Crippen LogP contribution in [0.25, 0.3) is 0 Å². The van der Waals surface area contributed by atoms with Gasteiger partial charge in [-0.05, 0) is 30.4 Å². The molecule has 4 nitrogen and oxygen atoms in total. The number of carbonyl (C=O) groups is 1. The summed E-state index contributed by atoms with van der Waals surface area (Å²) in [6.07, 6.45) is 1.00. The van der Waals surface area contributed by atoms with Crippen LogP contribution < -0.4 is 5.73 Å². The summed E-state index contributed by atoms with van der Waals surface area (Å²) < 4.78 is 0. The molecule has 2 atom stereocenters. The summed E-state index contributed by atoms with van der Waals surface area (Å²) in [7, 11) is 0. The zero-order valence-corrected chi connectivity index (χ0v) is 10.0. The molecule has 0 saturated heterocycles. The maximum absolute atomic E-state index is 10.7. The van der Waals surface area contributed by atoms with Crippen molar-refractivity contribution >= 4 is 17.3 Å². The number of carboxylic acid groups (broad SMARTS) is 1. The molecule has 16 heavy (non-hydrogen) atoms. The third-order valence-electron chi connectivity index (χ3n) is 3.15. The Balaban J connectivity index is 2.07. The molecule has 2 heterocycles. The fourth-order valence-electron chi connectivity index (χ4n) is 2.14. The van der Waals surface area contributed by atoms with E-state index in [0.717, 1.165) is 13.0 Å². The molecule has 2 unspecified atom stereocenters. The van der Waals surface area contributed by atoms with Crippen molar-refractivity contribution in [2.75, 3.05) is 13.1 Å². The van der Waals surface area contributed by atoms with Crippen molar-refractivity contribution < 1.29 is 9.90 Å². The van der Waals surface area contributed by atoms with Crippen LogP contribution in [0.2, 0.25) is 0 Å². The van der Waals surface area contributed by atoms with Gasteiger partial charge < -0.3 is 10.8 Å². The molecule has 1 aliphatic rings. The topological polar surface area (TPSA) is 66.6 Å². The van der Waals surface area contributed by atoms with Gasteiger partial charge in [-0.2, -0.15) is 0 Å². The molecular weight excluding hydrogens is 224 g/mol. The lowest BCUT2D eigenvalue weighted by molar-refractivity contribution is -0.139. The maximum atomic E-state index is 10.7. The van der Waals surface area contributed by atoms with E-state index in [4.69, 9.17) is 10.8 Å². The molecule has 0 fully saturated rings. The first-order valence-corrected chi connectivity index (χ1v) is 6.26. The van der Waals surface area contributed by atoms with Crippen LogP contribution in [0.4, 0.5) is 0 Å². The van der Waals surface area contributed by atoms with E-state index in [1.165, 1.54) is 10.4 Å². The predicted octanol–water partition coefficient (Wildman–Crippen LogP) is 1.08. The van der Waals surface area contributed by atoms with Crippen molar-refractivity contribution in [2.24, 2.45) is 5.73 Å². The van der Waals surface area contributed by atoms with Gasteiger partial charge in [0.15, 0.2) is 0 Å². The molecule has 1 aromatic rings. The second-order valence-corrected chi connectivity index (χ2v) is 5.17. The van der Waals surface area contributed by atoms with Gasteiger partial charge in [-0.15, -0.1) is 11.3 Å². The van der Waals surface area contributed by atoms with Crippen LogP contribution in [-0.4, -0.2) is 35.1 Å². The SMILES string of the molecule is CC1c2ccsc2CCN1CC(N)C(=O)O. The molecule has 2 rings (SSSR count). The largest absolute Gasteiger partial charge is 0.480 e. The van der Waals surface area contributed by atoms with Gasteiger partial charge in [-0.3, -0.25) is 9.69 Å². The summed E-state index contributed by atoms with van der Waals surface area (Å²) in [5.41, 5.74) is 6.89. The average molecular weight is 240 g/mol. The number of carboxylic acids is 1. The van der Waals surface area contributed by atoms with E-state index in [1.807, 2.05) is 0 Å². The van der Waals surface area contributed by atoms with E-state index in [-0.39, 0.29) is 6.04 Å². The molecule has 0 aliphatic carbocycles. The summed E-state index contributed by atoms with van der Waals surface area (Å²) in [5, 5.41) is 10.9. The Morgan fingerprint density at radius 2 is 2.56 bits per heavy atom. The fraction of sp³-hybridized carbons (Fsp3) is 0.545. The van der Waals surface area contributed by atoms with Crippen LogP contribution in [0.5, 0.6) is 0 Å². The van der Waals surface area contributed by atoms with E-state index in [1.54, 1.807) is 11.3 Å². The summed E-state index contributed by atoms with van der Waals surface area (Å²) in [6, 6.07) is 1.62. The zero-order chi connectivity index (χ0) is 11.7. The highest BCUT2D eigenvalue weighted by Gasteiger charge is 2.27. The Hall–Kier alpha value is -0.910. The minimum atomic E-state index is -0.927. The Kier molecular flexibility index (Phi) is 3.28. The second-order valence-electron chi connectivity index (χ2n) is 4.16. The van der Waals surface area contributed by atoms with Crippen molar-refractivity contribution in [2.45, 2.75) is 25.4 Å². The summed E-state index contributed by atoms with van der Waals surface area (Å²) in [4.78, 5) is 14.3. The summed E-state index contributed by atoms with van der Waals surface area (Å²) in [6.45, 7) is 3.43. The molecule has 3 N–H and O–H groups in total. The quantitative estimate of drug-likeness (QED) is 0.829. The van der Waals surface area contributed by atoms with Crippen molar-refractivity contribution in [1.82, 2.24) is 4.90 Å². The number of aliphatic carboxylic acids is 1. The van der Waals surface area contributed by atoms with Gasteiger partial charge in [0.05, 0.1) is 0 Å². The lowest BCUT2D eigenvalue weighted by atomic mass is 10.0. The molecule has 0 spiro atoms. The lowest BCUT2D eigenvalue weighted by Crippen LogP contribution is -2.45. The van der Waals surface area contributed by atoms with Crippen LogP contribution in [0.1, 0.15) is 23.4 Å². The third-order valence-corrected chi connectivity index (χ3v) is 4.15. The fourth-order valence-corrected chi connectivity index (χ4v) is 3.10. The average Bonchev–Trinajstić information content (AvgIpc) is 2.70. The van der Waals surface area contributed by atoms with Crippen LogP contribution in [-0.2, 0) is 11.2 Å². The standard InChI is InChI=1S/C11H16N2O2S/c1-7-8-3-5-16-10(8)2-4-13(7)6-9(12)11(14)15/h3,5,7,9H,2,4,6,12H2,1H3,(H,14,15). The molecule has 0 radical (unpaired) electrons. The third kappa shape index (κ3) is 2.11. The summed E-state index contributed by atoms with van der Waals surface area (Å²) in [5.74, 6) is -0.927. The Labute approximate surface area is 98.7 Å². The van der Waals surface area contributed by atoms with Crippen molar-refractivity contribution in [3.8, 4) is 0 Å². The van der Waals surface area contributed by atoms with Gasteiger partial charge in [0.25, 0.3) is 0 Å². The minimum Gasteiger partial charge on any atom is -0.480 e. The highest BCUT2D eigenvalue weighted by molar-refractivity contribution is 7.10. The normalized spacial score (nSPS) is 22.8. The van der Waals surface area contributed by atoms with Gasteiger partial charge in [0.1, 0.15) is 6.04 Å². The molecule has 88 valence electrons. The van der Waals surface area contributed by atoms with E-state index in [2.05, 4.69) is 23.3 Å². The first kappa shape index (κ1) is 11.6. The first-order chi connectivity index (χ1) is 7.59. The van der Waals surface area contributed by atoms with Crippen LogP contribution in [0, 0.1) is 0 Å². The smallest absolute Gasteiger partial charge is 0.321 e. The maximum Gasteiger partial charge on any atom is 0.321 e. The molecule has 1 aromatic heterocycles. The minimum absolute atomic E-state index is 0.278. The van der Waals surface area contributed by atoms with Crippen molar-refractivity contribution in [3.63, 3.8) is 0 Å². The molecular formula is C11H16N2O2S. The Morgan fingerprint density at radius 3 is 3.25 bits per heavy atom. The van der Waals surface area contributed by atoms with E-state index in [0.29, 0.717) is 6.54 Å².